The summed E-state index contributed by atoms with van der Waals surface area (Å²) in [5, 5.41) is 13.8. The predicted octanol–water partition coefficient (Wildman–Crippen LogP) is 1.62. The molecule has 0 radical (unpaired) electrons. The molecule has 3 rings (SSSR count). The Balaban J connectivity index is 1.71. The van der Waals surface area contributed by atoms with Gasteiger partial charge in [0.15, 0.2) is 0 Å². The standard InChI is InChI=1S/C13H16N4O2/c18-10-5-2-1-4-9(10)8-11-16-13(17-19-11)12-14-6-3-7-15-12/h3,6-7,9-10,18H,1-2,4-5,8H2. The van der Waals surface area contributed by atoms with E-state index in [4.69, 9.17) is 4.52 Å². The Hall–Kier alpha value is -1.82. The second kappa shape index (κ2) is 5.44. The van der Waals surface area contributed by atoms with Crippen molar-refractivity contribution in [3.63, 3.8) is 0 Å². The summed E-state index contributed by atoms with van der Waals surface area (Å²) in [6, 6.07) is 1.74. The zero-order valence-corrected chi connectivity index (χ0v) is 10.6. The van der Waals surface area contributed by atoms with Crippen molar-refractivity contribution in [2.24, 2.45) is 5.92 Å². The van der Waals surface area contributed by atoms with Crippen molar-refractivity contribution in [1.29, 1.82) is 0 Å². The molecule has 2 unspecified atom stereocenters. The van der Waals surface area contributed by atoms with Crippen LogP contribution in [0.3, 0.4) is 0 Å². The molecule has 2 atom stereocenters. The van der Waals surface area contributed by atoms with Crippen LogP contribution in [0.4, 0.5) is 0 Å². The van der Waals surface area contributed by atoms with Crippen LogP contribution in [-0.4, -0.2) is 31.3 Å². The third kappa shape index (κ3) is 2.78. The topological polar surface area (TPSA) is 84.9 Å². The summed E-state index contributed by atoms with van der Waals surface area (Å²) in [5.74, 6) is 1.63. The maximum absolute atomic E-state index is 9.94. The Labute approximate surface area is 110 Å². The van der Waals surface area contributed by atoms with Gasteiger partial charge in [0, 0.05) is 18.8 Å². The van der Waals surface area contributed by atoms with Gasteiger partial charge in [-0.15, -0.1) is 0 Å². The molecule has 2 aromatic heterocycles. The lowest BCUT2D eigenvalue weighted by atomic mass is 9.84. The molecule has 0 amide bonds. The van der Waals surface area contributed by atoms with E-state index in [-0.39, 0.29) is 12.0 Å². The molecular weight excluding hydrogens is 244 g/mol. The van der Waals surface area contributed by atoms with Gasteiger partial charge in [0.25, 0.3) is 0 Å². The molecule has 19 heavy (non-hydrogen) atoms. The first kappa shape index (κ1) is 12.2. The highest BCUT2D eigenvalue weighted by atomic mass is 16.5. The predicted molar refractivity (Wildman–Crippen MR) is 67.0 cm³/mol. The van der Waals surface area contributed by atoms with E-state index < -0.39 is 0 Å². The van der Waals surface area contributed by atoms with Crippen molar-refractivity contribution in [3.05, 3.63) is 24.4 Å². The van der Waals surface area contributed by atoms with Crippen molar-refractivity contribution in [2.75, 3.05) is 0 Å². The molecule has 2 aromatic rings. The van der Waals surface area contributed by atoms with Crippen molar-refractivity contribution in [1.82, 2.24) is 20.1 Å². The fourth-order valence-corrected chi connectivity index (χ4v) is 2.49. The molecule has 0 bridgehead atoms. The molecule has 6 nitrogen and oxygen atoms in total. The summed E-state index contributed by atoms with van der Waals surface area (Å²) >= 11 is 0. The monoisotopic (exact) mass is 260 g/mol. The van der Waals surface area contributed by atoms with E-state index in [1.54, 1.807) is 18.5 Å². The van der Waals surface area contributed by atoms with Crippen LogP contribution in [0, 0.1) is 5.92 Å². The Kier molecular flexibility index (Phi) is 3.50. The van der Waals surface area contributed by atoms with E-state index >= 15 is 0 Å². The molecule has 0 spiro atoms. The van der Waals surface area contributed by atoms with Gasteiger partial charge in [0.1, 0.15) is 0 Å². The van der Waals surface area contributed by atoms with Gasteiger partial charge in [0.05, 0.1) is 6.10 Å². The zero-order valence-electron chi connectivity index (χ0n) is 10.6. The molecule has 1 fully saturated rings. The third-order valence-electron chi connectivity index (χ3n) is 3.54. The van der Waals surface area contributed by atoms with Crippen molar-refractivity contribution < 1.29 is 9.63 Å². The Morgan fingerprint density at radius 1 is 1.16 bits per heavy atom. The summed E-state index contributed by atoms with van der Waals surface area (Å²) < 4.78 is 5.22. The van der Waals surface area contributed by atoms with E-state index in [0.29, 0.717) is 24.0 Å². The molecule has 1 aliphatic carbocycles. The second-order valence-corrected chi connectivity index (χ2v) is 4.90. The zero-order chi connectivity index (χ0) is 13.1. The fourth-order valence-electron chi connectivity index (χ4n) is 2.49. The fraction of sp³-hybridized carbons (Fsp3) is 0.538. The van der Waals surface area contributed by atoms with Crippen LogP contribution < -0.4 is 0 Å². The van der Waals surface area contributed by atoms with Gasteiger partial charge in [0.2, 0.25) is 17.5 Å². The highest BCUT2D eigenvalue weighted by Gasteiger charge is 2.25. The smallest absolute Gasteiger partial charge is 0.240 e. The molecule has 0 aromatic carbocycles. The lowest BCUT2D eigenvalue weighted by molar-refractivity contribution is 0.0657. The number of aliphatic hydroxyl groups is 1. The van der Waals surface area contributed by atoms with Crippen LogP contribution in [0.25, 0.3) is 11.6 Å². The van der Waals surface area contributed by atoms with Gasteiger partial charge in [-0.2, -0.15) is 4.98 Å². The molecule has 0 aliphatic heterocycles. The van der Waals surface area contributed by atoms with Crippen molar-refractivity contribution in [2.45, 2.75) is 38.2 Å². The molecule has 0 saturated heterocycles. The number of aromatic nitrogens is 4. The number of aliphatic hydroxyl groups excluding tert-OH is 1. The quantitative estimate of drug-likeness (QED) is 0.902. The minimum atomic E-state index is -0.253. The summed E-state index contributed by atoms with van der Waals surface area (Å²) in [5.41, 5.74) is 0. The van der Waals surface area contributed by atoms with Gasteiger partial charge in [-0.1, -0.05) is 18.0 Å². The van der Waals surface area contributed by atoms with Crippen LogP contribution >= 0.6 is 0 Å². The molecule has 1 N–H and O–H groups in total. The Bertz CT molecular complexity index is 528. The van der Waals surface area contributed by atoms with E-state index in [1.807, 2.05) is 0 Å². The largest absolute Gasteiger partial charge is 0.393 e. The van der Waals surface area contributed by atoms with E-state index in [9.17, 15) is 5.11 Å². The normalized spacial score (nSPS) is 23.4. The van der Waals surface area contributed by atoms with Crippen LogP contribution in [0.1, 0.15) is 31.6 Å². The molecule has 6 heteroatoms. The first-order valence-corrected chi connectivity index (χ1v) is 6.61. The van der Waals surface area contributed by atoms with Crippen LogP contribution in [0.15, 0.2) is 23.0 Å². The number of hydrogen-bond acceptors (Lipinski definition) is 6. The molecule has 1 saturated carbocycles. The maximum Gasteiger partial charge on any atom is 0.240 e. The number of hydrogen-bond donors (Lipinski definition) is 1. The van der Waals surface area contributed by atoms with Gasteiger partial charge in [-0.25, -0.2) is 9.97 Å². The SMILES string of the molecule is OC1CCCCC1Cc1nc(-c2ncccn2)no1. The van der Waals surface area contributed by atoms with E-state index in [0.717, 1.165) is 25.7 Å². The van der Waals surface area contributed by atoms with Crippen molar-refractivity contribution >= 4 is 0 Å². The molecular formula is C13H16N4O2. The van der Waals surface area contributed by atoms with E-state index in [1.165, 1.54) is 0 Å². The summed E-state index contributed by atoms with van der Waals surface area (Å²) in [6.45, 7) is 0. The van der Waals surface area contributed by atoms with Gasteiger partial charge in [-0.3, -0.25) is 0 Å². The average Bonchev–Trinajstić information content (AvgIpc) is 2.91. The first-order chi connectivity index (χ1) is 9.33. The third-order valence-corrected chi connectivity index (χ3v) is 3.54. The van der Waals surface area contributed by atoms with Gasteiger partial charge < -0.3 is 9.63 Å². The molecule has 1 aliphatic rings. The van der Waals surface area contributed by atoms with Crippen molar-refractivity contribution in [3.8, 4) is 11.6 Å². The minimum Gasteiger partial charge on any atom is -0.393 e. The highest BCUT2D eigenvalue weighted by Crippen LogP contribution is 2.27. The number of nitrogens with zero attached hydrogens (tertiary/aromatic N) is 4. The maximum atomic E-state index is 9.94. The highest BCUT2D eigenvalue weighted by molar-refractivity contribution is 5.40. The lowest BCUT2D eigenvalue weighted by Gasteiger charge is -2.26. The molecule has 100 valence electrons. The van der Waals surface area contributed by atoms with Gasteiger partial charge >= 0.3 is 0 Å². The average molecular weight is 260 g/mol. The minimum absolute atomic E-state index is 0.221. The Morgan fingerprint density at radius 2 is 1.95 bits per heavy atom. The van der Waals surface area contributed by atoms with Crippen LogP contribution in [-0.2, 0) is 6.42 Å². The Morgan fingerprint density at radius 3 is 2.74 bits per heavy atom. The van der Waals surface area contributed by atoms with Gasteiger partial charge in [-0.05, 0) is 24.8 Å². The number of rotatable bonds is 3. The summed E-state index contributed by atoms with van der Waals surface area (Å²) in [6.07, 6.45) is 7.80. The molecule has 2 heterocycles. The lowest BCUT2D eigenvalue weighted by Crippen LogP contribution is -2.26. The van der Waals surface area contributed by atoms with Crippen LogP contribution in [0.2, 0.25) is 0 Å². The second-order valence-electron chi connectivity index (χ2n) is 4.90. The van der Waals surface area contributed by atoms with Crippen LogP contribution in [0.5, 0.6) is 0 Å². The van der Waals surface area contributed by atoms with E-state index in [2.05, 4.69) is 20.1 Å². The summed E-state index contributed by atoms with van der Waals surface area (Å²) in [4.78, 5) is 12.5. The first-order valence-electron chi connectivity index (χ1n) is 6.61. The summed E-state index contributed by atoms with van der Waals surface area (Å²) in [7, 11) is 0.